The molecule has 0 aliphatic heterocycles. The summed E-state index contributed by atoms with van der Waals surface area (Å²) in [7, 11) is 0. The second kappa shape index (κ2) is 15.9. The average molecular weight is 274 g/mol. The van der Waals surface area contributed by atoms with Gasteiger partial charge in [-0.2, -0.15) is 0 Å². The van der Waals surface area contributed by atoms with Crippen LogP contribution in [-0.2, 0) is 0 Å². The van der Waals surface area contributed by atoms with Gasteiger partial charge in [-0.15, -0.1) is 0 Å². The zero-order chi connectivity index (χ0) is 14.2. The van der Waals surface area contributed by atoms with Crippen LogP contribution < -0.4 is 10.6 Å². The maximum Gasteiger partial charge on any atom is 0.164 e. The third kappa shape index (κ3) is 17.8. The Morgan fingerprint density at radius 1 is 0.684 bits per heavy atom. The highest BCUT2D eigenvalue weighted by molar-refractivity contribution is 4.53. The molecular formula is C15H34N2O2. The molecule has 0 unspecified atom stereocenters. The maximum atomic E-state index is 8.62. The van der Waals surface area contributed by atoms with Gasteiger partial charge >= 0.3 is 0 Å². The molecule has 0 aromatic heterocycles. The summed E-state index contributed by atoms with van der Waals surface area (Å²) in [5, 5.41) is 23.6. The van der Waals surface area contributed by atoms with Crippen molar-refractivity contribution in [3.8, 4) is 0 Å². The molecule has 0 amide bonds. The fourth-order valence-corrected chi connectivity index (χ4v) is 2.08. The number of hydrogen-bond acceptors (Lipinski definition) is 4. The summed E-state index contributed by atoms with van der Waals surface area (Å²) < 4.78 is 0. The zero-order valence-electron chi connectivity index (χ0n) is 12.7. The Balaban J connectivity index is 2.91. The summed E-state index contributed by atoms with van der Waals surface area (Å²) in [6.07, 6.45) is 10.7. The largest absolute Gasteiger partial charge is 0.367 e. The highest BCUT2D eigenvalue weighted by atomic mass is 16.5. The molecule has 0 saturated heterocycles. The molecule has 19 heavy (non-hydrogen) atoms. The number of aliphatic hydroxyl groups is 2. The predicted octanol–water partition coefficient (Wildman–Crippen LogP) is 2.01. The molecule has 0 aliphatic carbocycles. The van der Waals surface area contributed by atoms with Crippen LogP contribution in [0.4, 0.5) is 0 Å². The highest BCUT2D eigenvalue weighted by Crippen LogP contribution is 2.07. The normalized spacial score (nSPS) is 11.4. The van der Waals surface area contributed by atoms with Crippen molar-refractivity contribution in [2.24, 2.45) is 0 Å². The number of hydrogen-bond donors (Lipinski definition) is 4. The van der Waals surface area contributed by atoms with Gasteiger partial charge < -0.3 is 20.8 Å². The number of unbranched alkanes of at least 4 members (excludes halogenated alkanes) is 7. The van der Waals surface area contributed by atoms with Crippen molar-refractivity contribution in [2.45, 2.75) is 71.0 Å². The van der Waals surface area contributed by atoms with Crippen LogP contribution >= 0.6 is 0 Å². The van der Waals surface area contributed by atoms with Crippen LogP contribution in [0.1, 0.15) is 64.7 Å². The van der Waals surface area contributed by atoms with Gasteiger partial charge in [0.1, 0.15) is 0 Å². The number of nitrogens with one attached hydrogen (secondary N) is 2. The second-order valence-corrected chi connectivity index (χ2v) is 5.26. The third-order valence-electron chi connectivity index (χ3n) is 3.24. The van der Waals surface area contributed by atoms with Crippen molar-refractivity contribution >= 4 is 0 Å². The number of aliphatic hydroxyl groups excluding tert-OH is 1. The molecule has 116 valence electrons. The SMILES string of the molecule is CCCCCCCCCCNCCCNCC(O)O. The van der Waals surface area contributed by atoms with E-state index in [2.05, 4.69) is 17.6 Å². The van der Waals surface area contributed by atoms with E-state index in [9.17, 15) is 0 Å². The van der Waals surface area contributed by atoms with Gasteiger partial charge in [0, 0.05) is 6.54 Å². The summed E-state index contributed by atoms with van der Waals surface area (Å²) in [6.45, 7) is 5.47. The van der Waals surface area contributed by atoms with Crippen molar-refractivity contribution in [2.75, 3.05) is 26.2 Å². The molecule has 0 saturated carbocycles. The molecule has 0 spiro atoms. The third-order valence-corrected chi connectivity index (χ3v) is 3.24. The lowest BCUT2D eigenvalue weighted by Gasteiger charge is -2.07. The number of rotatable bonds is 15. The average Bonchev–Trinajstić information content (AvgIpc) is 2.39. The highest BCUT2D eigenvalue weighted by Gasteiger charge is 1.95. The molecule has 0 aliphatic rings. The second-order valence-electron chi connectivity index (χ2n) is 5.26. The quantitative estimate of drug-likeness (QED) is 0.272. The molecule has 0 aromatic carbocycles. The van der Waals surface area contributed by atoms with E-state index >= 15 is 0 Å². The van der Waals surface area contributed by atoms with Crippen molar-refractivity contribution in [3.63, 3.8) is 0 Å². The molecule has 0 rings (SSSR count). The minimum absolute atomic E-state index is 0.262. The molecule has 4 N–H and O–H groups in total. The minimum atomic E-state index is -1.23. The molecule has 0 atom stereocenters. The zero-order valence-corrected chi connectivity index (χ0v) is 12.7. The van der Waals surface area contributed by atoms with Crippen molar-refractivity contribution < 1.29 is 10.2 Å². The van der Waals surface area contributed by atoms with Gasteiger partial charge in [-0.1, -0.05) is 51.9 Å². The van der Waals surface area contributed by atoms with E-state index < -0.39 is 6.29 Å². The molecule has 4 heteroatoms. The molecule has 0 aromatic rings. The van der Waals surface area contributed by atoms with Gasteiger partial charge in [-0.05, 0) is 32.5 Å². The van der Waals surface area contributed by atoms with Crippen LogP contribution in [0.25, 0.3) is 0 Å². The van der Waals surface area contributed by atoms with Crippen molar-refractivity contribution in [1.29, 1.82) is 0 Å². The van der Waals surface area contributed by atoms with Crippen LogP contribution in [0.2, 0.25) is 0 Å². The summed E-state index contributed by atoms with van der Waals surface area (Å²) in [4.78, 5) is 0. The van der Waals surface area contributed by atoms with Gasteiger partial charge in [-0.3, -0.25) is 0 Å². The van der Waals surface area contributed by atoms with E-state index in [0.29, 0.717) is 0 Å². The Hall–Kier alpha value is -0.160. The first kappa shape index (κ1) is 18.8. The first-order chi connectivity index (χ1) is 9.27. The first-order valence-electron chi connectivity index (χ1n) is 8.05. The van der Waals surface area contributed by atoms with E-state index in [-0.39, 0.29) is 6.54 Å². The topological polar surface area (TPSA) is 64.5 Å². The Labute approximate surface area is 119 Å². The van der Waals surface area contributed by atoms with E-state index in [4.69, 9.17) is 10.2 Å². The van der Waals surface area contributed by atoms with E-state index in [0.717, 1.165) is 26.1 Å². The lowest BCUT2D eigenvalue weighted by Crippen LogP contribution is -2.29. The fourth-order valence-electron chi connectivity index (χ4n) is 2.08. The molecule has 0 radical (unpaired) electrons. The van der Waals surface area contributed by atoms with Gasteiger partial charge in [0.2, 0.25) is 0 Å². The smallest absolute Gasteiger partial charge is 0.164 e. The predicted molar refractivity (Wildman–Crippen MR) is 81.2 cm³/mol. The standard InChI is InChI=1S/C15H34N2O2/c1-2-3-4-5-6-7-8-9-11-16-12-10-13-17-14-15(18)19/h15-19H,2-14H2,1H3. The lowest BCUT2D eigenvalue weighted by atomic mass is 10.1. The monoisotopic (exact) mass is 274 g/mol. The van der Waals surface area contributed by atoms with Crippen LogP contribution in [-0.4, -0.2) is 42.7 Å². The van der Waals surface area contributed by atoms with E-state index in [1.54, 1.807) is 0 Å². The van der Waals surface area contributed by atoms with Gasteiger partial charge in [0.25, 0.3) is 0 Å². The van der Waals surface area contributed by atoms with Crippen LogP contribution in [0.3, 0.4) is 0 Å². The Morgan fingerprint density at radius 2 is 1.21 bits per heavy atom. The fraction of sp³-hybridized carbons (Fsp3) is 1.00. The summed E-state index contributed by atoms with van der Waals surface area (Å²) >= 11 is 0. The van der Waals surface area contributed by atoms with Crippen molar-refractivity contribution in [1.82, 2.24) is 10.6 Å². The van der Waals surface area contributed by atoms with E-state index in [1.807, 2.05) is 0 Å². The summed E-state index contributed by atoms with van der Waals surface area (Å²) in [6, 6.07) is 0. The Morgan fingerprint density at radius 3 is 1.84 bits per heavy atom. The van der Waals surface area contributed by atoms with Crippen LogP contribution in [0.5, 0.6) is 0 Å². The molecule has 4 nitrogen and oxygen atoms in total. The summed E-state index contributed by atoms with van der Waals surface area (Å²) in [5.74, 6) is 0. The molecule has 0 bridgehead atoms. The maximum absolute atomic E-state index is 8.62. The van der Waals surface area contributed by atoms with Crippen molar-refractivity contribution in [3.05, 3.63) is 0 Å². The Kier molecular flexibility index (Phi) is 15.8. The Bertz CT molecular complexity index is 166. The lowest BCUT2D eigenvalue weighted by molar-refractivity contribution is -0.0370. The molecule has 0 fully saturated rings. The van der Waals surface area contributed by atoms with Crippen LogP contribution in [0.15, 0.2) is 0 Å². The first-order valence-corrected chi connectivity index (χ1v) is 8.05. The minimum Gasteiger partial charge on any atom is -0.367 e. The van der Waals surface area contributed by atoms with E-state index in [1.165, 1.54) is 51.4 Å². The summed E-state index contributed by atoms with van der Waals surface area (Å²) in [5.41, 5.74) is 0. The van der Waals surface area contributed by atoms with Crippen LogP contribution in [0, 0.1) is 0 Å². The molecular weight excluding hydrogens is 240 g/mol. The van der Waals surface area contributed by atoms with Gasteiger partial charge in [0.15, 0.2) is 6.29 Å². The van der Waals surface area contributed by atoms with Gasteiger partial charge in [-0.25, -0.2) is 0 Å². The van der Waals surface area contributed by atoms with Gasteiger partial charge in [0.05, 0.1) is 0 Å². The molecule has 0 heterocycles.